The van der Waals surface area contributed by atoms with E-state index in [1.54, 1.807) is 0 Å². The minimum absolute atomic E-state index is 0.0880. The van der Waals surface area contributed by atoms with E-state index in [1.165, 1.54) is 0 Å². The summed E-state index contributed by atoms with van der Waals surface area (Å²) in [5.41, 5.74) is 0. The predicted molar refractivity (Wildman–Crippen MR) is 49.5 cm³/mol. The summed E-state index contributed by atoms with van der Waals surface area (Å²) in [7, 11) is -2.68. The highest BCUT2D eigenvalue weighted by molar-refractivity contribution is 7.93. The molecule has 0 bridgehead atoms. The number of nitrogens with zero attached hydrogens (tertiary/aromatic N) is 1. The van der Waals surface area contributed by atoms with Crippen molar-refractivity contribution >= 4 is 9.73 Å². The van der Waals surface area contributed by atoms with Crippen molar-refractivity contribution in [1.82, 2.24) is 0 Å². The summed E-state index contributed by atoms with van der Waals surface area (Å²) in [6, 6.07) is 2.98. The average Bonchev–Trinajstić information content (AvgIpc) is 2.58. The van der Waals surface area contributed by atoms with Crippen LogP contribution in [0.25, 0.3) is 0 Å². The number of hydrogen-bond acceptors (Lipinski definition) is 2. The van der Waals surface area contributed by atoms with Crippen molar-refractivity contribution in [3.05, 3.63) is 29.8 Å². The van der Waals surface area contributed by atoms with Gasteiger partial charge in [-0.1, -0.05) is 0 Å². The number of halogens is 2. The van der Waals surface area contributed by atoms with Gasteiger partial charge in [0.05, 0.1) is 14.6 Å². The van der Waals surface area contributed by atoms with E-state index in [9.17, 15) is 13.0 Å². The van der Waals surface area contributed by atoms with E-state index < -0.39 is 21.4 Å². The molecule has 0 spiro atoms. The van der Waals surface area contributed by atoms with Gasteiger partial charge in [-0.3, -0.25) is 0 Å². The maximum Gasteiger partial charge on any atom is 0.140 e. The van der Waals surface area contributed by atoms with Crippen molar-refractivity contribution in [2.24, 2.45) is 4.36 Å². The molecule has 0 amide bonds. The van der Waals surface area contributed by atoms with E-state index in [4.69, 9.17) is 0 Å². The number of benzene rings is 1. The zero-order valence-electron chi connectivity index (χ0n) is 7.37. The Balaban J connectivity index is 2.61. The fraction of sp³-hybridized carbons (Fsp3) is 0.333. The first-order valence-electron chi connectivity index (χ1n) is 4.27. The van der Waals surface area contributed by atoms with Crippen LogP contribution < -0.4 is 0 Å². The highest BCUT2D eigenvalue weighted by Gasteiger charge is 2.21. The Hall–Kier alpha value is -0.970. The van der Waals surface area contributed by atoms with Crippen molar-refractivity contribution in [2.45, 2.75) is 11.3 Å². The van der Waals surface area contributed by atoms with Gasteiger partial charge in [-0.2, -0.15) is 0 Å². The molecule has 2 rings (SSSR count). The summed E-state index contributed by atoms with van der Waals surface area (Å²) in [5.74, 6) is -0.888. The normalized spacial score (nSPS) is 26.1. The Bertz CT molecular complexity index is 478. The summed E-state index contributed by atoms with van der Waals surface area (Å²) < 4.78 is 41.9. The quantitative estimate of drug-likeness (QED) is 0.709. The van der Waals surface area contributed by atoms with Gasteiger partial charge in [-0.15, -0.1) is 0 Å². The standard InChI is InChI=1S/C9H9F2NOS/c10-7-2-3-8(11)9(6-7)14(13)5-1-4-12-14/h2-3,6H,1,4-5H2. The highest BCUT2D eigenvalue weighted by atomic mass is 32.2. The molecular weight excluding hydrogens is 208 g/mol. The first-order valence-corrected chi connectivity index (χ1v) is 5.96. The van der Waals surface area contributed by atoms with Crippen LogP contribution in [0.2, 0.25) is 0 Å². The van der Waals surface area contributed by atoms with Crippen LogP contribution in [0.1, 0.15) is 6.42 Å². The third-order valence-corrected chi connectivity index (χ3v) is 4.56. The molecule has 1 aromatic rings. The Morgan fingerprint density at radius 2 is 2.14 bits per heavy atom. The lowest BCUT2D eigenvalue weighted by molar-refractivity contribution is 0.571. The minimum atomic E-state index is -2.68. The molecule has 1 heterocycles. The van der Waals surface area contributed by atoms with Crippen LogP contribution >= 0.6 is 0 Å². The molecule has 1 aliphatic heterocycles. The van der Waals surface area contributed by atoms with Gasteiger partial charge in [0.2, 0.25) is 0 Å². The fourth-order valence-electron chi connectivity index (χ4n) is 1.44. The van der Waals surface area contributed by atoms with Crippen LogP contribution in [0, 0.1) is 11.6 Å². The lowest BCUT2D eigenvalue weighted by Crippen LogP contribution is -2.04. The molecule has 5 heteroatoms. The first-order chi connectivity index (χ1) is 6.62. The van der Waals surface area contributed by atoms with Crippen LogP contribution in [-0.4, -0.2) is 16.5 Å². The molecule has 0 aromatic heterocycles. The van der Waals surface area contributed by atoms with Crippen LogP contribution in [0.5, 0.6) is 0 Å². The summed E-state index contributed by atoms with van der Waals surface area (Å²) in [6.45, 7) is 0.467. The monoisotopic (exact) mass is 217 g/mol. The van der Waals surface area contributed by atoms with Gasteiger partial charge >= 0.3 is 0 Å². The van der Waals surface area contributed by atoms with Gasteiger partial charge in [-0.05, 0) is 24.6 Å². The fourth-order valence-corrected chi connectivity index (χ4v) is 3.54. The van der Waals surface area contributed by atoms with Gasteiger partial charge < -0.3 is 0 Å². The summed E-state index contributed by atoms with van der Waals surface area (Å²) in [4.78, 5) is -0.0880. The number of hydrogen-bond donors (Lipinski definition) is 0. The van der Waals surface area contributed by atoms with Gasteiger partial charge in [0, 0.05) is 12.3 Å². The van der Waals surface area contributed by atoms with E-state index in [0.717, 1.165) is 18.2 Å². The van der Waals surface area contributed by atoms with Crippen LogP contribution in [0.3, 0.4) is 0 Å². The first kappa shape index (κ1) is 9.58. The van der Waals surface area contributed by atoms with Gasteiger partial charge in [-0.25, -0.2) is 17.4 Å². The van der Waals surface area contributed by atoms with Crippen molar-refractivity contribution in [1.29, 1.82) is 0 Å². The van der Waals surface area contributed by atoms with E-state index in [-0.39, 0.29) is 4.90 Å². The van der Waals surface area contributed by atoms with Crippen LogP contribution in [-0.2, 0) is 9.73 Å². The molecule has 1 unspecified atom stereocenters. The largest absolute Gasteiger partial charge is 0.245 e. The molecule has 2 nitrogen and oxygen atoms in total. The molecule has 0 saturated heterocycles. The molecule has 0 N–H and O–H groups in total. The predicted octanol–water partition coefficient (Wildman–Crippen LogP) is 2.20. The summed E-state index contributed by atoms with van der Waals surface area (Å²) >= 11 is 0. The van der Waals surface area contributed by atoms with Crippen molar-refractivity contribution in [3.63, 3.8) is 0 Å². The molecule has 14 heavy (non-hydrogen) atoms. The van der Waals surface area contributed by atoms with Gasteiger partial charge in [0.25, 0.3) is 0 Å². The second kappa shape index (κ2) is 3.31. The van der Waals surface area contributed by atoms with E-state index in [0.29, 0.717) is 18.7 Å². The van der Waals surface area contributed by atoms with E-state index in [1.807, 2.05) is 0 Å². The third kappa shape index (κ3) is 1.52. The van der Waals surface area contributed by atoms with E-state index >= 15 is 0 Å². The van der Waals surface area contributed by atoms with E-state index in [2.05, 4.69) is 4.36 Å². The van der Waals surface area contributed by atoms with Gasteiger partial charge in [0.1, 0.15) is 11.6 Å². The Morgan fingerprint density at radius 1 is 1.36 bits per heavy atom. The van der Waals surface area contributed by atoms with Crippen LogP contribution in [0.4, 0.5) is 8.78 Å². The molecule has 1 atom stereocenters. The van der Waals surface area contributed by atoms with Crippen molar-refractivity contribution in [2.75, 3.05) is 12.3 Å². The summed E-state index contributed by atoms with van der Waals surface area (Å²) in [5, 5.41) is 0. The lowest BCUT2D eigenvalue weighted by Gasteiger charge is -2.05. The summed E-state index contributed by atoms with van der Waals surface area (Å²) in [6.07, 6.45) is 0.675. The topological polar surface area (TPSA) is 29.4 Å². The zero-order chi connectivity index (χ0) is 10.2. The van der Waals surface area contributed by atoms with Gasteiger partial charge in [0.15, 0.2) is 0 Å². The second-order valence-corrected chi connectivity index (χ2v) is 5.51. The average molecular weight is 217 g/mol. The van der Waals surface area contributed by atoms with Crippen LogP contribution in [0.15, 0.2) is 27.5 Å². The maximum atomic E-state index is 13.3. The Morgan fingerprint density at radius 3 is 2.79 bits per heavy atom. The highest BCUT2D eigenvalue weighted by Crippen LogP contribution is 2.23. The molecule has 0 saturated carbocycles. The number of rotatable bonds is 1. The molecule has 0 aliphatic carbocycles. The lowest BCUT2D eigenvalue weighted by atomic mass is 10.3. The molecule has 0 radical (unpaired) electrons. The molecule has 0 fully saturated rings. The maximum absolute atomic E-state index is 13.3. The zero-order valence-corrected chi connectivity index (χ0v) is 8.19. The molecule has 1 aromatic carbocycles. The molecule has 1 aliphatic rings. The molecule has 76 valence electrons. The molecular formula is C9H9F2NOS. The van der Waals surface area contributed by atoms with Crippen molar-refractivity contribution < 1.29 is 13.0 Å². The Kier molecular flexibility index (Phi) is 2.26. The second-order valence-electron chi connectivity index (χ2n) is 3.13. The SMILES string of the molecule is O=S1(c2cc(F)ccc2F)=NCCC1. The third-order valence-electron chi connectivity index (χ3n) is 2.12. The Labute approximate surface area is 81.1 Å². The minimum Gasteiger partial charge on any atom is -0.245 e. The smallest absolute Gasteiger partial charge is 0.140 e. The van der Waals surface area contributed by atoms with Crippen molar-refractivity contribution in [3.8, 4) is 0 Å².